The largest absolute Gasteiger partial charge is 0.497 e. The van der Waals surface area contributed by atoms with Gasteiger partial charge < -0.3 is 4.74 Å². The molecule has 0 N–H and O–H groups in total. The molecule has 0 radical (unpaired) electrons. The number of aryl methyl sites for hydroxylation is 2. The molecule has 0 unspecified atom stereocenters. The number of allylic oxidation sites excluding steroid dienone is 3. The van der Waals surface area contributed by atoms with Crippen molar-refractivity contribution in [2.24, 2.45) is 23.7 Å². The standard InChI is InChI=1S/C31H27NO3/c1-18-7-11-20(12-8-18)26(21-13-9-19(2)10-14-21)27-24-15-16-25(27)29-28(24)30(33)32(31(29)34)22-5-4-6-23(17-22)35-3/h4-17,24-25,28-29H,1-3H3/t24-,25-,28-,29+/m0/s1. The second-order valence-electron chi connectivity index (χ2n) is 9.76. The molecule has 2 fully saturated rings. The molecule has 6 rings (SSSR count). The lowest BCUT2D eigenvalue weighted by atomic mass is 9.85. The molecule has 174 valence electrons. The summed E-state index contributed by atoms with van der Waals surface area (Å²) in [6.07, 6.45) is 4.29. The third-order valence-electron chi connectivity index (χ3n) is 7.70. The molecular weight excluding hydrogens is 434 g/mol. The third kappa shape index (κ3) is 3.28. The Labute approximate surface area is 205 Å². The lowest BCUT2D eigenvalue weighted by molar-refractivity contribution is -0.122. The van der Waals surface area contributed by atoms with E-state index in [0.717, 1.165) is 16.7 Å². The highest BCUT2D eigenvalue weighted by Crippen LogP contribution is 2.59. The molecule has 0 aromatic heterocycles. The van der Waals surface area contributed by atoms with Gasteiger partial charge in [-0.3, -0.25) is 9.59 Å². The molecule has 4 nitrogen and oxygen atoms in total. The van der Waals surface area contributed by atoms with Crippen molar-refractivity contribution in [1.82, 2.24) is 0 Å². The van der Waals surface area contributed by atoms with Crippen LogP contribution < -0.4 is 9.64 Å². The van der Waals surface area contributed by atoms with Crippen LogP contribution in [0.25, 0.3) is 5.57 Å². The van der Waals surface area contributed by atoms with E-state index < -0.39 is 0 Å². The molecule has 1 saturated carbocycles. The van der Waals surface area contributed by atoms with Crippen LogP contribution in [0.3, 0.4) is 0 Å². The van der Waals surface area contributed by atoms with Crippen LogP contribution in [0.15, 0.2) is 90.5 Å². The molecule has 1 aliphatic heterocycles. The Bertz CT molecular complexity index is 1320. The van der Waals surface area contributed by atoms with E-state index in [-0.39, 0.29) is 35.5 Å². The highest BCUT2D eigenvalue weighted by atomic mass is 16.5. The summed E-state index contributed by atoms with van der Waals surface area (Å²) in [4.78, 5) is 28.8. The Morgan fingerprint density at radius 3 is 1.74 bits per heavy atom. The van der Waals surface area contributed by atoms with E-state index in [0.29, 0.717) is 11.4 Å². The summed E-state index contributed by atoms with van der Waals surface area (Å²) in [7, 11) is 1.58. The van der Waals surface area contributed by atoms with Crippen molar-refractivity contribution in [3.63, 3.8) is 0 Å². The zero-order valence-electron chi connectivity index (χ0n) is 20.1. The number of imide groups is 1. The summed E-state index contributed by atoms with van der Waals surface area (Å²) in [5, 5.41) is 0. The zero-order chi connectivity index (χ0) is 24.3. The Kier molecular flexibility index (Phi) is 4.99. The lowest BCUT2D eigenvalue weighted by Crippen LogP contribution is -2.33. The molecule has 2 aliphatic carbocycles. The fourth-order valence-corrected chi connectivity index (χ4v) is 6.04. The van der Waals surface area contributed by atoms with Crippen molar-refractivity contribution < 1.29 is 14.3 Å². The fraction of sp³-hybridized carbons (Fsp3) is 0.226. The van der Waals surface area contributed by atoms with Crippen molar-refractivity contribution in [3.05, 3.63) is 113 Å². The average Bonchev–Trinajstić information content (AvgIpc) is 3.50. The van der Waals surface area contributed by atoms with Gasteiger partial charge in [0.05, 0.1) is 24.6 Å². The number of benzene rings is 3. The summed E-state index contributed by atoms with van der Waals surface area (Å²) in [5.74, 6) is -0.522. The Morgan fingerprint density at radius 2 is 1.26 bits per heavy atom. The molecule has 35 heavy (non-hydrogen) atoms. The highest BCUT2D eigenvalue weighted by Gasteiger charge is 2.62. The van der Waals surface area contributed by atoms with Crippen molar-refractivity contribution in [2.75, 3.05) is 12.0 Å². The fourth-order valence-electron chi connectivity index (χ4n) is 6.04. The minimum absolute atomic E-state index is 0.0883. The van der Waals surface area contributed by atoms with Crippen LogP contribution in [0.1, 0.15) is 22.3 Å². The summed E-state index contributed by atoms with van der Waals surface area (Å²) >= 11 is 0. The molecular formula is C31H27NO3. The molecule has 4 atom stereocenters. The highest BCUT2D eigenvalue weighted by molar-refractivity contribution is 6.23. The van der Waals surface area contributed by atoms with E-state index in [1.54, 1.807) is 19.2 Å². The zero-order valence-corrected chi connectivity index (χ0v) is 20.1. The number of carbonyl (C=O) groups is 2. The molecule has 1 saturated heterocycles. The second kappa shape index (κ2) is 8.09. The Hall–Kier alpha value is -3.92. The number of nitrogens with zero attached hydrogens (tertiary/aromatic N) is 1. The minimum atomic E-state index is -0.371. The Balaban J connectivity index is 1.47. The van der Waals surface area contributed by atoms with Gasteiger partial charge in [0.2, 0.25) is 11.8 Å². The first-order valence-electron chi connectivity index (χ1n) is 12.1. The molecule has 3 aliphatic rings. The quantitative estimate of drug-likeness (QED) is 0.368. The number of anilines is 1. The number of methoxy groups -OCH3 is 1. The lowest BCUT2D eigenvalue weighted by Gasteiger charge is -2.22. The number of hydrogen-bond acceptors (Lipinski definition) is 3. The summed E-state index contributed by atoms with van der Waals surface area (Å²) in [5.41, 5.74) is 7.57. The van der Waals surface area contributed by atoms with Crippen LogP contribution in [-0.4, -0.2) is 18.9 Å². The van der Waals surface area contributed by atoms with E-state index in [4.69, 9.17) is 4.74 Å². The monoisotopic (exact) mass is 461 g/mol. The summed E-state index contributed by atoms with van der Waals surface area (Å²) in [6.45, 7) is 4.16. The number of ether oxygens (including phenoxy) is 1. The van der Waals surface area contributed by atoms with Crippen LogP contribution in [0.5, 0.6) is 5.75 Å². The topological polar surface area (TPSA) is 46.6 Å². The summed E-state index contributed by atoms with van der Waals surface area (Å²) in [6, 6.07) is 24.3. The van der Waals surface area contributed by atoms with Gasteiger partial charge in [-0.25, -0.2) is 4.90 Å². The van der Waals surface area contributed by atoms with Crippen LogP contribution in [-0.2, 0) is 9.59 Å². The molecule has 1 heterocycles. The first-order chi connectivity index (χ1) is 17.0. The van der Waals surface area contributed by atoms with E-state index in [9.17, 15) is 9.59 Å². The number of rotatable bonds is 4. The normalized spacial score (nSPS) is 24.3. The van der Waals surface area contributed by atoms with Crippen LogP contribution in [0.4, 0.5) is 5.69 Å². The van der Waals surface area contributed by atoms with Crippen molar-refractivity contribution in [3.8, 4) is 5.75 Å². The minimum Gasteiger partial charge on any atom is -0.497 e. The number of fused-ring (bicyclic) bond motifs is 5. The summed E-state index contributed by atoms with van der Waals surface area (Å²) < 4.78 is 5.33. The van der Waals surface area contributed by atoms with Gasteiger partial charge in [-0.15, -0.1) is 0 Å². The maximum absolute atomic E-state index is 13.7. The van der Waals surface area contributed by atoms with E-state index in [1.807, 2.05) is 12.1 Å². The van der Waals surface area contributed by atoms with Crippen LogP contribution in [0, 0.1) is 37.5 Å². The maximum Gasteiger partial charge on any atom is 0.238 e. The van der Waals surface area contributed by atoms with Crippen molar-refractivity contribution >= 4 is 23.1 Å². The molecule has 2 amide bonds. The van der Waals surface area contributed by atoms with Gasteiger partial charge in [-0.1, -0.05) is 77.9 Å². The molecule has 0 spiro atoms. The third-order valence-corrected chi connectivity index (χ3v) is 7.70. The van der Waals surface area contributed by atoms with Crippen molar-refractivity contribution in [2.45, 2.75) is 13.8 Å². The second-order valence-corrected chi connectivity index (χ2v) is 9.76. The average molecular weight is 462 g/mol. The maximum atomic E-state index is 13.7. The number of hydrogen-bond donors (Lipinski definition) is 0. The van der Waals surface area contributed by atoms with Gasteiger partial charge in [0.1, 0.15) is 5.75 Å². The molecule has 3 aromatic carbocycles. The smallest absolute Gasteiger partial charge is 0.238 e. The van der Waals surface area contributed by atoms with E-state index in [2.05, 4.69) is 74.5 Å². The van der Waals surface area contributed by atoms with E-state index >= 15 is 0 Å². The Morgan fingerprint density at radius 1 is 0.743 bits per heavy atom. The number of carbonyl (C=O) groups excluding carboxylic acids is 2. The molecule has 4 heteroatoms. The van der Waals surface area contributed by atoms with Crippen molar-refractivity contribution in [1.29, 1.82) is 0 Å². The van der Waals surface area contributed by atoms with Gasteiger partial charge >= 0.3 is 0 Å². The van der Waals surface area contributed by atoms with Gasteiger partial charge in [0, 0.05) is 17.9 Å². The first-order valence-corrected chi connectivity index (χ1v) is 12.1. The van der Waals surface area contributed by atoms with Gasteiger partial charge in [-0.2, -0.15) is 0 Å². The molecule has 2 bridgehead atoms. The van der Waals surface area contributed by atoms with Gasteiger partial charge in [-0.05, 0) is 48.3 Å². The van der Waals surface area contributed by atoms with Gasteiger partial charge in [0.15, 0.2) is 0 Å². The predicted octanol–water partition coefficient (Wildman–Crippen LogP) is 5.74. The first kappa shape index (κ1) is 21.6. The SMILES string of the molecule is COc1cccc(N2C(=O)[C@@H]3[C@H](C2=O)[C@H]2C=C[C@H]3C2=C(c2ccc(C)cc2)c2ccc(C)cc2)c1. The van der Waals surface area contributed by atoms with Gasteiger partial charge in [0.25, 0.3) is 0 Å². The van der Waals surface area contributed by atoms with Crippen LogP contribution >= 0.6 is 0 Å². The predicted molar refractivity (Wildman–Crippen MR) is 137 cm³/mol. The van der Waals surface area contributed by atoms with Crippen LogP contribution in [0.2, 0.25) is 0 Å². The number of amides is 2. The molecule has 3 aromatic rings. The van der Waals surface area contributed by atoms with E-state index in [1.165, 1.54) is 21.6 Å².